The molecule has 4 aromatic rings. The van der Waals surface area contributed by atoms with Crippen LogP contribution in [0.2, 0.25) is 0 Å². The quantitative estimate of drug-likeness (QED) is 0.207. The van der Waals surface area contributed by atoms with Gasteiger partial charge in [0.05, 0.1) is 29.9 Å². The molecular weight excluding hydrogens is 486 g/mol. The lowest BCUT2D eigenvalue weighted by Crippen LogP contribution is -2.25. The molecule has 39 heavy (non-hydrogen) atoms. The molecule has 204 valence electrons. The topological polar surface area (TPSA) is 56.6 Å². The maximum atomic E-state index is 13.2. The van der Waals surface area contributed by atoms with Gasteiger partial charge in [0.1, 0.15) is 17.3 Å². The fourth-order valence-corrected chi connectivity index (χ4v) is 5.48. The number of rotatable bonds is 10. The lowest BCUT2D eigenvalue weighted by Gasteiger charge is -2.22. The second-order valence-electron chi connectivity index (χ2n) is 11.2. The van der Waals surface area contributed by atoms with Crippen LogP contribution in [0.4, 0.5) is 5.69 Å². The normalized spacial score (nSPS) is 15.7. The van der Waals surface area contributed by atoms with Crippen LogP contribution in [0, 0.1) is 0 Å². The van der Waals surface area contributed by atoms with Crippen LogP contribution in [-0.2, 0) is 16.8 Å². The summed E-state index contributed by atoms with van der Waals surface area (Å²) in [5.41, 5.74) is 4.20. The molecule has 0 spiro atoms. The van der Waals surface area contributed by atoms with E-state index >= 15 is 0 Å². The minimum absolute atomic E-state index is 0.0227. The number of fused-ring (bicyclic) bond motifs is 1. The average molecular weight is 526 g/mol. The molecule has 1 aliphatic rings. The van der Waals surface area contributed by atoms with E-state index in [2.05, 4.69) is 61.7 Å². The third-order valence-corrected chi connectivity index (χ3v) is 7.36. The van der Waals surface area contributed by atoms with E-state index in [0.717, 1.165) is 53.4 Å². The van der Waals surface area contributed by atoms with Crippen LogP contribution in [0.3, 0.4) is 0 Å². The van der Waals surface area contributed by atoms with E-state index in [0.29, 0.717) is 26.2 Å². The van der Waals surface area contributed by atoms with Crippen LogP contribution in [0.25, 0.3) is 11.0 Å². The molecule has 3 aromatic carbocycles. The molecule has 0 saturated carbocycles. The van der Waals surface area contributed by atoms with Crippen molar-refractivity contribution >= 4 is 22.6 Å². The number of hydrogen-bond acceptors (Lipinski definition) is 4. The zero-order valence-corrected chi connectivity index (χ0v) is 23.5. The van der Waals surface area contributed by atoms with Crippen molar-refractivity contribution < 1.29 is 14.3 Å². The highest BCUT2D eigenvalue weighted by molar-refractivity contribution is 5.97. The van der Waals surface area contributed by atoms with Crippen molar-refractivity contribution in [3.05, 3.63) is 84.2 Å². The van der Waals surface area contributed by atoms with Gasteiger partial charge in [-0.3, -0.25) is 4.79 Å². The first-order valence-electron chi connectivity index (χ1n) is 14.1. The Morgan fingerprint density at radius 3 is 2.41 bits per heavy atom. The summed E-state index contributed by atoms with van der Waals surface area (Å²) in [5, 5.41) is 0. The van der Waals surface area contributed by atoms with E-state index < -0.39 is 0 Å². The zero-order chi connectivity index (χ0) is 27.4. The van der Waals surface area contributed by atoms with Gasteiger partial charge in [-0.15, -0.1) is 0 Å². The summed E-state index contributed by atoms with van der Waals surface area (Å²) < 4.78 is 14.4. The smallest absolute Gasteiger partial charge is 0.227 e. The van der Waals surface area contributed by atoms with Crippen LogP contribution in [0.1, 0.15) is 64.3 Å². The Morgan fingerprint density at radius 2 is 1.62 bits per heavy atom. The van der Waals surface area contributed by atoms with Crippen LogP contribution in [-0.4, -0.2) is 35.2 Å². The number of carbonyl (C=O) groups excluding carboxylic acids is 1. The zero-order valence-electron chi connectivity index (χ0n) is 23.5. The molecule has 6 heteroatoms. The maximum absolute atomic E-state index is 13.2. The molecular formula is C33H39N3O3. The van der Waals surface area contributed by atoms with E-state index in [1.54, 1.807) is 0 Å². The van der Waals surface area contributed by atoms with E-state index in [9.17, 15) is 4.79 Å². The average Bonchev–Trinajstić information content (AvgIpc) is 3.49. The number of benzene rings is 3. The SMILES string of the molecule is CCOc1ccccc1N1CC(c2nc3ccccc3n2CCCCOc2ccccc2C(C)(C)C)CC1=O. The lowest BCUT2D eigenvalue weighted by atomic mass is 9.86. The fraction of sp³-hybridized carbons (Fsp3) is 0.394. The Labute approximate surface area is 231 Å². The molecule has 1 saturated heterocycles. The van der Waals surface area contributed by atoms with Gasteiger partial charge in [-0.05, 0) is 61.1 Å². The number of amides is 1. The van der Waals surface area contributed by atoms with Gasteiger partial charge in [-0.25, -0.2) is 4.98 Å². The molecule has 5 rings (SSSR count). The van der Waals surface area contributed by atoms with Crippen molar-refractivity contribution in [3.8, 4) is 11.5 Å². The summed E-state index contributed by atoms with van der Waals surface area (Å²) in [6.45, 7) is 11.3. The molecule has 1 aromatic heterocycles. The number of unbranched alkanes of at least 4 members (excludes halogenated alkanes) is 1. The summed E-state index contributed by atoms with van der Waals surface area (Å²) in [5.74, 6) is 2.83. The number of aryl methyl sites for hydroxylation is 1. The van der Waals surface area contributed by atoms with Crippen molar-refractivity contribution in [2.45, 2.75) is 64.8 Å². The van der Waals surface area contributed by atoms with Gasteiger partial charge >= 0.3 is 0 Å². The fourth-order valence-electron chi connectivity index (χ4n) is 5.48. The van der Waals surface area contributed by atoms with Gasteiger partial charge in [0.2, 0.25) is 5.91 Å². The minimum atomic E-state index is 0.0227. The standard InChI is InChI=1S/C33H39N3O3/c1-5-38-30-19-11-9-17-28(30)36-23-24(22-31(36)37)32-34-26-15-7-8-16-27(26)35(32)20-12-13-21-39-29-18-10-6-14-25(29)33(2,3)4/h6-11,14-19,24H,5,12-13,20-23H2,1-4H3. The Morgan fingerprint density at radius 1 is 0.897 bits per heavy atom. The monoisotopic (exact) mass is 525 g/mol. The number of aromatic nitrogens is 2. The van der Waals surface area contributed by atoms with Gasteiger partial charge in [0, 0.05) is 25.4 Å². The second-order valence-corrected chi connectivity index (χ2v) is 11.2. The van der Waals surface area contributed by atoms with E-state index in [1.807, 2.05) is 48.2 Å². The number of hydrogen-bond donors (Lipinski definition) is 0. The summed E-state index contributed by atoms with van der Waals surface area (Å²) in [6.07, 6.45) is 2.33. The molecule has 1 amide bonds. The largest absolute Gasteiger partial charge is 0.493 e. The summed E-state index contributed by atoms with van der Waals surface area (Å²) >= 11 is 0. The van der Waals surface area contributed by atoms with Crippen LogP contribution in [0.5, 0.6) is 11.5 Å². The van der Waals surface area contributed by atoms with Crippen LogP contribution < -0.4 is 14.4 Å². The number of anilines is 1. The van der Waals surface area contributed by atoms with E-state index in [4.69, 9.17) is 14.5 Å². The highest BCUT2D eigenvalue weighted by Gasteiger charge is 2.36. The highest BCUT2D eigenvalue weighted by Crippen LogP contribution is 2.37. The molecule has 1 atom stereocenters. The van der Waals surface area contributed by atoms with E-state index in [-0.39, 0.29) is 17.2 Å². The number of nitrogens with zero attached hydrogens (tertiary/aromatic N) is 3. The van der Waals surface area contributed by atoms with Gasteiger partial charge < -0.3 is 18.9 Å². The van der Waals surface area contributed by atoms with Crippen LogP contribution in [0.15, 0.2) is 72.8 Å². The van der Waals surface area contributed by atoms with Crippen LogP contribution >= 0.6 is 0 Å². The highest BCUT2D eigenvalue weighted by atomic mass is 16.5. The molecule has 1 aliphatic heterocycles. The van der Waals surface area contributed by atoms with Crippen molar-refractivity contribution in [1.82, 2.24) is 9.55 Å². The van der Waals surface area contributed by atoms with Gasteiger partial charge in [0.25, 0.3) is 0 Å². The molecule has 6 nitrogen and oxygen atoms in total. The molecule has 0 radical (unpaired) electrons. The first kappa shape index (κ1) is 26.8. The summed E-state index contributed by atoms with van der Waals surface area (Å²) in [6, 6.07) is 24.4. The van der Waals surface area contributed by atoms with Gasteiger partial charge in [-0.1, -0.05) is 63.2 Å². The molecule has 1 fully saturated rings. The van der Waals surface area contributed by atoms with Crippen molar-refractivity contribution in [2.24, 2.45) is 0 Å². The Hall–Kier alpha value is -3.80. The van der Waals surface area contributed by atoms with E-state index in [1.165, 1.54) is 5.56 Å². The molecule has 1 unspecified atom stereocenters. The maximum Gasteiger partial charge on any atom is 0.227 e. The summed E-state index contributed by atoms with van der Waals surface area (Å²) in [4.78, 5) is 20.1. The first-order chi connectivity index (χ1) is 18.9. The number of ether oxygens (including phenoxy) is 2. The number of para-hydroxylation sites is 5. The first-order valence-corrected chi connectivity index (χ1v) is 14.1. The van der Waals surface area contributed by atoms with Crippen molar-refractivity contribution in [2.75, 3.05) is 24.7 Å². The predicted octanol–water partition coefficient (Wildman–Crippen LogP) is 7.11. The second kappa shape index (κ2) is 11.5. The van der Waals surface area contributed by atoms with Gasteiger partial charge in [-0.2, -0.15) is 0 Å². The van der Waals surface area contributed by atoms with Crippen molar-refractivity contribution in [3.63, 3.8) is 0 Å². The third-order valence-electron chi connectivity index (χ3n) is 7.36. The Balaban J connectivity index is 1.30. The molecule has 0 aliphatic carbocycles. The molecule has 2 heterocycles. The lowest BCUT2D eigenvalue weighted by molar-refractivity contribution is -0.117. The summed E-state index contributed by atoms with van der Waals surface area (Å²) in [7, 11) is 0. The van der Waals surface area contributed by atoms with Crippen molar-refractivity contribution in [1.29, 1.82) is 0 Å². The van der Waals surface area contributed by atoms with Gasteiger partial charge in [0.15, 0.2) is 0 Å². The predicted molar refractivity (Wildman–Crippen MR) is 157 cm³/mol. The number of imidazole rings is 1. The third kappa shape index (κ3) is 5.80. The minimum Gasteiger partial charge on any atom is -0.493 e. The Kier molecular flexibility index (Phi) is 7.92. The molecule has 0 bridgehead atoms. The molecule has 0 N–H and O–H groups in total. The number of carbonyl (C=O) groups is 1. The Bertz CT molecular complexity index is 1440.